The minimum atomic E-state index is -2.72. The number of aromatic hydroxyl groups is 1. The summed E-state index contributed by atoms with van der Waals surface area (Å²) in [4.78, 5) is 67.7. The number of primary amides is 1. The number of benzene rings is 1. The van der Waals surface area contributed by atoms with Gasteiger partial charge in [-0.25, -0.2) is 0 Å². The SMILES string of the molecule is CN(C)[C@@H]1C(=O)C(C(N)=O)C(=O)[C@@]2(O)C(=O)C3C(=O)c4c(O)ccc(CNCc5cccn5C)c4C[C@H]3C[C@@H]12. The molecule has 3 aliphatic rings. The average Bonchev–Trinajstić information content (AvgIpc) is 3.26. The first-order valence-corrected chi connectivity index (χ1v) is 12.9. The smallest absolute Gasteiger partial charge is 0.235 e. The van der Waals surface area contributed by atoms with Gasteiger partial charge in [-0.2, -0.15) is 0 Å². The summed E-state index contributed by atoms with van der Waals surface area (Å²) in [5, 5.41) is 25.6. The maximum Gasteiger partial charge on any atom is 0.235 e. The van der Waals surface area contributed by atoms with Crippen LogP contribution < -0.4 is 11.1 Å². The van der Waals surface area contributed by atoms with Crippen LogP contribution in [-0.2, 0) is 45.7 Å². The molecule has 1 aromatic carbocycles. The van der Waals surface area contributed by atoms with Crippen LogP contribution in [0.15, 0.2) is 30.5 Å². The van der Waals surface area contributed by atoms with Gasteiger partial charge in [0.05, 0.1) is 17.5 Å². The second kappa shape index (κ2) is 9.51. The Hall–Kier alpha value is -3.67. The highest BCUT2D eigenvalue weighted by Gasteiger charge is 2.69. The summed E-state index contributed by atoms with van der Waals surface area (Å²) in [6.07, 6.45) is 2.20. The van der Waals surface area contributed by atoms with Crippen molar-refractivity contribution in [2.24, 2.45) is 36.5 Å². The molecule has 11 heteroatoms. The first kappa shape index (κ1) is 26.9. The van der Waals surface area contributed by atoms with Crippen molar-refractivity contribution in [3.8, 4) is 5.75 Å². The zero-order valence-corrected chi connectivity index (χ0v) is 22.0. The quantitative estimate of drug-likeness (QED) is 0.355. The number of hydrogen-bond donors (Lipinski definition) is 4. The Morgan fingerprint density at radius 1 is 1.15 bits per heavy atom. The molecule has 1 aromatic heterocycles. The molecule has 1 heterocycles. The predicted molar refractivity (Wildman–Crippen MR) is 137 cm³/mol. The third kappa shape index (κ3) is 3.95. The molecule has 6 atom stereocenters. The van der Waals surface area contributed by atoms with Crippen LogP contribution in [0.1, 0.15) is 33.6 Å². The number of Topliss-reactive ketones (excluding diaryl/α,β-unsaturated/α-hetero) is 4. The van der Waals surface area contributed by atoms with E-state index < -0.39 is 64.4 Å². The normalized spacial score (nSPS) is 30.2. The van der Waals surface area contributed by atoms with Crippen LogP contribution in [0.5, 0.6) is 5.75 Å². The van der Waals surface area contributed by atoms with Crippen LogP contribution in [0.3, 0.4) is 0 Å². The molecule has 0 saturated heterocycles. The van der Waals surface area contributed by atoms with Crippen LogP contribution in [0.2, 0.25) is 0 Å². The summed E-state index contributed by atoms with van der Waals surface area (Å²) in [6, 6.07) is 5.93. The van der Waals surface area contributed by atoms with Gasteiger partial charge in [-0.15, -0.1) is 0 Å². The fourth-order valence-corrected chi connectivity index (χ4v) is 6.84. The van der Waals surface area contributed by atoms with Gasteiger partial charge in [0, 0.05) is 37.9 Å². The van der Waals surface area contributed by atoms with Gasteiger partial charge in [0.25, 0.3) is 0 Å². The molecular formula is C28H32N4O7. The van der Waals surface area contributed by atoms with Gasteiger partial charge in [0.1, 0.15) is 5.75 Å². The molecule has 2 fully saturated rings. The summed E-state index contributed by atoms with van der Waals surface area (Å²) in [5.41, 5.74) is 5.07. The van der Waals surface area contributed by atoms with Crippen molar-refractivity contribution in [3.05, 3.63) is 52.8 Å². The number of nitrogens with one attached hydrogen (secondary N) is 1. The Morgan fingerprint density at radius 2 is 1.87 bits per heavy atom. The Morgan fingerprint density at radius 3 is 2.49 bits per heavy atom. The molecule has 5 rings (SSSR count). The van der Waals surface area contributed by atoms with E-state index in [1.54, 1.807) is 20.2 Å². The second-order valence-corrected chi connectivity index (χ2v) is 11.1. The number of carbonyl (C=O) groups excluding carboxylic acids is 5. The summed E-state index contributed by atoms with van der Waals surface area (Å²) in [6.45, 7) is 0.972. The van der Waals surface area contributed by atoms with E-state index in [0.717, 1.165) is 11.3 Å². The van der Waals surface area contributed by atoms with Gasteiger partial charge in [-0.05, 0) is 62.2 Å². The predicted octanol–water partition coefficient (Wildman–Crippen LogP) is -0.505. The van der Waals surface area contributed by atoms with Crippen LogP contribution in [0.25, 0.3) is 0 Å². The van der Waals surface area contributed by atoms with E-state index >= 15 is 0 Å². The number of aromatic nitrogens is 1. The number of aryl methyl sites for hydroxylation is 1. The summed E-state index contributed by atoms with van der Waals surface area (Å²) >= 11 is 0. The second-order valence-electron chi connectivity index (χ2n) is 11.1. The minimum absolute atomic E-state index is 0.000220. The maximum absolute atomic E-state index is 13.9. The first-order valence-electron chi connectivity index (χ1n) is 12.9. The van der Waals surface area contributed by atoms with E-state index in [1.807, 2.05) is 29.9 Å². The number of ketones is 4. The van der Waals surface area contributed by atoms with Crippen LogP contribution in [0, 0.1) is 23.7 Å². The molecule has 2 unspecified atom stereocenters. The lowest BCUT2D eigenvalue weighted by Crippen LogP contribution is -2.74. The van der Waals surface area contributed by atoms with Crippen molar-refractivity contribution in [3.63, 3.8) is 0 Å². The molecule has 0 aliphatic heterocycles. The molecule has 0 spiro atoms. The van der Waals surface area contributed by atoms with E-state index in [1.165, 1.54) is 11.0 Å². The molecular weight excluding hydrogens is 504 g/mol. The first-order chi connectivity index (χ1) is 18.4. The van der Waals surface area contributed by atoms with Crippen molar-refractivity contribution < 1.29 is 34.2 Å². The molecule has 5 N–H and O–H groups in total. The number of phenols is 1. The van der Waals surface area contributed by atoms with Gasteiger partial charge in [0.2, 0.25) is 5.91 Å². The fraction of sp³-hybridized carbons (Fsp3) is 0.464. The molecule has 0 radical (unpaired) electrons. The number of nitrogens with two attached hydrogens (primary N) is 1. The molecule has 3 aliphatic carbocycles. The van der Waals surface area contributed by atoms with Gasteiger partial charge in [-0.3, -0.25) is 28.9 Å². The molecule has 0 bridgehead atoms. The number of aliphatic hydroxyl groups is 1. The molecule has 39 heavy (non-hydrogen) atoms. The van der Waals surface area contributed by atoms with Crippen molar-refractivity contribution >= 4 is 29.0 Å². The van der Waals surface area contributed by atoms with Crippen molar-refractivity contribution in [1.82, 2.24) is 14.8 Å². The number of carbonyl (C=O) groups is 5. The lowest BCUT2D eigenvalue weighted by molar-refractivity contribution is -0.181. The molecule has 2 saturated carbocycles. The minimum Gasteiger partial charge on any atom is -0.507 e. The highest BCUT2D eigenvalue weighted by atomic mass is 16.3. The van der Waals surface area contributed by atoms with Gasteiger partial charge < -0.3 is 25.8 Å². The third-order valence-corrected chi connectivity index (χ3v) is 8.71. The number of phenolic OH excluding ortho intramolecular Hbond substituents is 1. The summed E-state index contributed by atoms with van der Waals surface area (Å²) in [7, 11) is 5.06. The highest BCUT2D eigenvalue weighted by Crippen LogP contribution is 2.51. The topological polar surface area (TPSA) is 172 Å². The monoisotopic (exact) mass is 536 g/mol. The standard InChI is InChI=1S/C28H32N4O7/c1-31(2)22-17-10-14-9-16-13(11-30-12-15-5-4-8-32(15)3)6-7-18(33)20(16)23(34)19(14)25(36)28(17,39)26(37)21(24(22)35)27(29)38/h4-8,14,17,19,21-22,30,33,39H,9-12H2,1-3H3,(H2,29,38)/t14-,17-,19?,21?,22-,28-/m0/s1. The average molecular weight is 537 g/mol. The molecule has 11 nitrogen and oxygen atoms in total. The lowest BCUT2D eigenvalue weighted by Gasteiger charge is -2.52. The number of hydrogen-bond acceptors (Lipinski definition) is 9. The van der Waals surface area contributed by atoms with Gasteiger partial charge >= 0.3 is 0 Å². The van der Waals surface area contributed by atoms with Crippen molar-refractivity contribution in [2.45, 2.75) is 37.6 Å². The zero-order valence-electron chi connectivity index (χ0n) is 22.0. The Kier molecular flexibility index (Phi) is 6.56. The summed E-state index contributed by atoms with van der Waals surface area (Å²) < 4.78 is 1.99. The van der Waals surface area contributed by atoms with Gasteiger partial charge in [0.15, 0.2) is 34.7 Å². The van der Waals surface area contributed by atoms with E-state index in [4.69, 9.17) is 5.73 Å². The third-order valence-electron chi connectivity index (χ3n) is 8.71. The molecule has 2 aromatic rings. The zero-order chi connectivity index (χ0) is 28.4. The van der Waals surface area contributed by atoms with Crippen LogP contribution in [0.4, 0.5) is 0 Å². The fourth-order valence-electron chi connectivity index (χ4n) is 6.84. The maximum atomic E-state index is 13.9. The Labute approximate surface area is 225 Å². The number of fused-ring (bicyclic) bond motifs is 3. The largest absolute Gasteiger partial charge is 0.507 e. The Bertz CT molecular complexity index is 1410. The molecule has 206 valence electrons. The van der Waals surface area contributed by atoms with Crippen molar-refractivity contribution in [2.75, 3.05) is 14.1 Å². The Balaban J connectivity index is 1.52. The van der Waals surface area contributed by atoms with E-state index in [9.17, 15) is 34.2 Å². The lowest BCUT2D eigenvalue weighted by atomic mass is 9.52. The van der Waals surface area contributed by atoms with Crippen molar-refractivity contribution in [1.29, 1.82) is 0 Å². The van der Waals surface area contributed by atoms with Gasteiger partial charge in [-0.1, -0.05) is 6.07 Å². The number of amides is 1. The highest BCUT2D eigenvalue weighted by molar-refractivity contribution is 6.32. The number of nitrogens with zero attached hydrogens (tertiary/aromatic N) is 2. The number of rotatable bonds is 6. The van der Waals surface area contributed by atoms with Crippen LogP contribution in [-0.4, -0.2) is 74.5 Å². The van der Waals surface area contributed by atoms with E-state index in [2.05, 4.69) is 5.32 Å². The number of likely N-dealkylation sites (N-methyl/N-ethyl adjacent to an activating group) is 1. The summed E-state index contributed by atoms with van der Waals surface area (Å²) in [5.74, 6) is -10.4. The molecule has 1 amide bonds. The van der Waals surface area contributed by atoms with E-state index in [-0.39, 0.29) is 24.2 Å². The van der Waals surface area contributed by atoms with E-state index in [0.29, 0.717) is 18.7 Å². The van der Waals surface area contributed by atoms with Crippen LogP contribution >= 0.6 is 0 Å².